The molecule has 0 spiro atoms. The first kappa shape index (κ1) is 29.8. The van der Waals surface area contributed by atoms with E-state index in [1.807, 2.05) is 62.3 Å². The number of benzene rings is 4. The summed E-state index contributed by atoms with van der Waals surface area (Å²) in [6.45, 7) is 8.99. The minimum Gasteiger partial charge on any atom is -0.494 e. The van der Waals surface area contributed by atoms with Gasteiger partial charge in [-0.3, -0.25) is 4.40 Å². The molecule has 2 aliphatic heterocycles. The second-order valence-electron chi connectivity index (χ2n) is 13.8. The molecule has 0 bridgehead atoms. The second-order valence-corrected chi connectivity index (χ2v) is 13.8. The van der Waals surface area contributed by atoms with Gasteiger partial charge in [0.2, 0.25) is 17.5 Å². The first-order chi connectivity index (χ1) is 23.2. The quantitative estimate of drug-likeness (QED) is 0.177. The third-order valence-corrected chi connectivity index (χ3v) is 10.4. The summed E-state index contributed by atoms with van der Waals surface area (Å²) in [6, 6.07) is 29.4. The number of fused-ring (bicyclic) bond motifs is 8. The van der Waals surface area contributed by atoms with Crippen LogP contribution in [0, 0.1) is 6.20 Å². The number of aliphatic hydroxyl groups excluding tert-OH is 1. The average molecular weight is 823 g/mol. The van der Waals surface area contributed by atoms with Gasteiger partial charge in [0.05, 0.1) is 23.4 Å². The van der Waals surface area contributed by atoms with Crippen molar-refractivity contribution in [3.05, 3.63) is 137 Å². The summed E-state index contributed by atoms with van der Waals surface area (Å²) in [6.07, 6.45) is 11.1. The fourth-order valence-electron chi connectivity index (χ4n) is 8.06. The molecule has 8 aromatic rings. The molecule has 8 nitrogen and oxygen atoms in total. The first-order valence-corrected chi connectivity index (χ1v) is 16.2. The Morgan fingerprint density at radius 3 is 1.86 bits per heavy atom. The number of rotatable bonds is 2. The van der Waals surface area contributed by atoms with Crippen molar-refractivity contribution < 1.29 is 30.9 Å². The topological polar surface area (TPSA) is 73.9 Å². The van der Waals surface area contributed by atoms with E-state index in [9.17, 15) is 5.11 Å². The number of nitrogens with zero attached hydrogens (tertiary/aromatic N) is 6. The molecular formula is C40H31N6O2Pt-. The van der Waals surface area contributed by atoms with Crippen molar-refractivity contribution in [1.82, 2.24) is 27.9 Å². The molecule has 1 N–H and O–H groups in total. The Kier molecular flexibility index (Phi) is 6.13. The molecule has 0 fully saturated rings. The molecule has 244 valence electrons. The van der Waals surface area contributed by atoms with Crippen molar-refractivity contribution in [1.29, 1.82) is 0 Å². The Balaban J connectivity index is 0.00000325. The number of hydrogen-bond acceptors (Lipinski definition) is 4. The van der Waals surface area contributed by atoms with Gasteiger partial charge >= 0.3 is 0 Å². The summed E-state index contributed by atoms with van der Waals surface area (Å²) in [5, 5.41) is 11.6. The van der Waals surface area contributed by atoms with Gasteiger partial charge in [0.15, 0.2) is 5.88 Å². The molecule has 6 heterocycles. The monoisotopic (exact) mass is 822 g/mol. The third kappa shape index (κ3) is 3.95. The molecule has 0 radical (unpaired) electrons. The van der Waals surface area contributed by atoms with Crippen LogP contribution >= 0.6 is 0 Å². The number of imidazole rings is 4. The van der Waals surface area contributed by atoms with Crippen LogP contribution in [-0.2, 0) is 31.9 Å². The number of hydrogen-bond donors (Lipinski definition) is 1. The molecule has 4 aromatic heterocycles. The summed E-state index contributed by atoms with van der Waals surface area (Å²) in [7, 11) is 0. The van der Waals surface area contributed by atoms with Crippen molar-refractivity contribution >= 4 is 51.7 Å². The Morgan fingerprint density at radius 1 is 0.633 bits per heavy atom. The van der Waals surface area contributed by atoms with Crippen molar-refractivity contribution in [2.45, 2.75) is 38.5 Å². The molecule has 9 heteroatoms. The second kappa shape index (κ2) is 10.1. The van der Waals surface area contributed by atoms with Crippen LogP contribution in [0.4, 0.5) is 0 Å². The first-order valence-electron chi connectivity index (χ1n) is 16.2. The van der Waals surface area contributed by atoms with E-state index in [0.29, 0.717) is 23.3 Å². The molecule has 49 heavy (non-hydrogen) atoms. The predicted molar refractivity (Wildman–Crippen MR) is 188 cm³/mol. The predicted octanol–water partition coefficient (Wildman–Crippen LogP) is 8.80. The van der Waals surface area contributed by atoms with Crippen molar-refractivity contribution in [3.63, 3.8) is 0 Å². The SMILES string of the molecule is CC1(C)c2ccccc2C=[C-]n2c3c1cccc3n1cc(Oc3cn4c5cccc6c5n(c4n3)/C(O)=C\c3ccccc3C6(C)C)nc21.[Pt]. The fourth-order valence-corrected chi connectivity index (χ4v) is 8.06. The molecule has 0 unspecified atom stereocenters. The zero-order valence-corrected chi connectivity index (χ0v) is 29.5. The van der Waals surface area contributed by atoms with Gasteiger partial charge in [-0.05, 0) is 34.3 Å². The molecule has 0 aliphatic carbocycles. The van der Waals surface area contributed by atoms with Gasteiger partial charge in [-0.15, -0.1) is 6.08 Å². The van der Waals surface area contributed by atoms with E-state index in [1.54, 1.807) is 0 Å². The molecule has 10 rings (SSSR count). The minimum atomic E-state index is -0.316. The molecule has 0 atom stereocenters. The van der Waals surface area contributed by atoms with Gasteiger partial charge in [-0.1, -0.05) is 123 Å². The Hall–Kier alpha value is -5.33. The van der Waals surface area contributed by atoms with E-state index < -0.39 is 0 Å². The molecule has 2 aliphatic rings. The maximum absolute atomic E-state index is 11.6. The van der Waals surface area contributed by atoms with Crippen LogP contribution < -0.4 is 4.74 Å². The standard InChI is InChI=1S/C40H31N6O2.Pt/c1-39(2)26-13-7-5-11-24(26)19-20-43-35-28(39)15-9-17-30(35)44-22-32(41-37(43)44)48-33-23-45-31-18-10-16-29-36(31)46(38(45)42-33)34(47)21-25-12-6-8-14-27(25)40(29,3)4;/h5-19,21-23,47H,1-4H3;/q-1;/b34-21+;. The van der Waals surface area contributed by atoms with E-state index in [2.05, 4.69) is 99.0 Å². The Bertz CT molecular complexity index is 2730. The van der Waals surface area contributed by atoms with Gasteiger partial charge in [0, 0.05) is 43.5 Å². The van der Waals surface area contributed by atoms with Crippen LogP contribution in [0.25, 0.3) is 51.7 Å². The van der Waals surface area contributed by atoms with Gasteiger partial charge in [-0.25, -0.2) is 9.55 Å². The Labute approximate surface area is 296 Å². The van der Waals surface area contributed by atoms with Gasteiger partial charge < -0.3 is 18.8 Å². The fraction of sp³-hybridized carbons (Fsp3) is 0.150. The van der Waals surface area contributed by atoms with E-state index in [4.69, 9.17) is 14.7 Å². The third-order valence-electron chi connectivity index (χ3n) is 10.4. The number of ether oxygens (including phenoxy) is 1. The van der Waals surface area contributed by atoms with Crippen molar-refractivity contribution in [2.24, 2.45) is 0 Å². The maximum Gasteiger partial charge on any atom is 0.241 e. The number of aliphatic hydroxyl groups is 1. The number of aromatic nitrogens is 6. The van der Waals surface area contributed by atoms with Crippen LogP contribution in [0.5, 0.6) is 11.8 Å². The van der Waals surface area contributed by atoms with Crippen LogP contribution in [0.15, 0.2) is 97.3 Å². The van der Waals surface area contributed by atoms with Crippen LogP contribution in [0.1, 0.15) is 61.1 Å². The summed E-state index contributed by atoms with van der Waals surface area (Å²) < 4.78 is 14.3. The minimum absolute atomic E-state index is 0. The van der Waals surface area contributed by atoms with Crippen molar-refractivity contribution in [2.75, 3.05) is 0 Å². The molecular weight excluding hydrogens is 792 g/mol. The summed E-state index contributed by atoms with van der Waals surface area (Å²) in [4.78, 5) is 9.84. The molecule has 0 saturated heterocycles. The van der Waals surface area contributed by atoms with Crippen molar-refractivity contribution in [3.8, 4) is 11.8 Å². The van der Waals surface area contributed by atoms with Gasteiger partial charge in [0.25, 0.3) is 0 Å². The largest absolute Gasteiger partial charge is 0.494 e. The smallest absolute Gasteiger partial charge is 0.241 e. The van der Waals surface area contributed by atoms with E-state index in [0.717, 1.165) is 44.3 Å². The summed E-state index contributed by atoms with van der Waals surface area (Å²) in [5.41, 5.74) is 10.2. The molecule has 0 saturated carbocycles. The summed E-state index contributed by atoms with van der Waals surface area (Å²) >= 11 is 0. The number of para-hydroxylation sites is 2. The summed E-state index contributed by atoms with van der Waals surface area (Å²) in [5.74, 6) is 2.14. The van der Waals surface area contributed by atoms with E-state index in [-0.39, 0.29) is 37.8 Å². The van der Waals surface area contributed by atoms with Crippen LogP contribution in [-0.4, -0.2) is 33.0 Å². The molecule has 4 aromatic carbocycles. The zero-order chi connectivity index (χ0) is 32.5. The Morgan fingerprint density at radius 2 is 1.16 bits per heavy atom. The van der Waals surface area contributed by atoms with E-state index >= 15 is 0 Å². The zero-order valence-electron chi connectivity index (χ0n) is 27.2. The van der Waals surface area contributed by atoms with Gasteiger partial charge in [-0.2, -0.15) is 4.98 Å². The van der Waals surface area contributed by atoms with Crippen LogP contribution in [0.2, 0.25) is 0 Å². The van der Waals surface area contributed by atoms with Crippen LogP contribution in [0.3, 0.4) is 0 Å². The normalized spacial score (nSPS) is 16.7. The molecule has 0 amide bonds. The maximum atomic E-state index is 11.6. The van der Waals surface area contributed by atoms with E-state index in [1.165, 1.54) is 11.1 Å². The average Bonchev–Trinajstić information content (AvgIpc) is 3.82. The van der Waals surface area contributed by atoms with Gasteiger partial charge in [0.1, 0.15) is 5.78 Å².